The minimum atomic E-state index is -1.58. The first kappa shape index (κ1) is 59.9. The highest BCUT2D eigenvalue weighted by atomic mass is 16.7. The summed E-state index contributed by atoms with van der Waals surface area (Å²) in [5.41, 5.74) is 0. The van der Waals surface area contributed by atoms with Gasteiger partial charge in [-0.05, 0) is 64.2 Å². The van der Waals surface area contributed by atoms with Crippen molar-refractivity contribution in [2.24, 2.45) is 0 Å². The minimum Gasteiger partial charge on any atom is -0.394 e. The molecule has 0 radical (unpaired) electrons. The summed E-state index contributed by atoms with van der Waals surface area (Å²) in [4.78, 5) is 12.9. The van der Waals surface area contributed by atoms with Gasteiger partial charge in [0, 0.05) is 6.42 Å². The van der Waals surface area contributed by atoms with E-state index in [1.807, 2.05) is 6.08 Å². The molecular weight excluding hydrogens is 803 g/mol. The first-order chi connectivity index (χ1) is 31.3. The Labute approximate surface area is 392 Å². The molecule has 0 spiro atoms. The van der Waals surface area contributed by atoms with Gasteiger partial charge in [0.05, 0.1) is 25.4 Å². The molecule has 1 rings (SSSR count). The maximum atomic E-state index is 12.9. The molecule has 1 heterocycles. The Morgan fingerprint density at radius 2 is 0.984 bits per heavy atom. The van der Waals surface area contributed by atoms with Crippen molar-refractivity contribution >= 4 is 5.91 Å². The Balaban J connectivity index is 2.25. The van der Waals surface area contributed by atoms with Gasteiger partial charge < -0.3 is 40.3 Å². The van der Waals surface area contributed by atoms with E-state index in [1.165, 1.54) is 141 Å². The van der Waals surface area contributed by atoms with Crippen molar-refractivity contribution in [1.82, 2.24) is 5.32 Å². The van der Waals surface area contributed by atoms with Crippen molar-refractivity contribution in [2.75, 3.05) is 13.2 Å². The lowest BCUT2D eigenvalue weighted by molar-refractivity contribution is -0.302. The Morgan fingerprint density at radius 3 is 1.50 bits per heavy atom. The van der Waals surface area contributed by atoms with Gasteiger partial charge in [-0.3, -0.25) is 4.79 Å². The number of carbonyl (C=O) groups is 1. The van der Waals surface area contributed by atoms with E-state index in [0.29, 0.717) is 12.8 Å². The molecule has 0 aromatic heterocycles. The number of hydrogen-bond acceptors (Lipinski definition) is 8. The van der Waals surface area contributed by atoms with Crippen LogP contribution in [0.1, 0.15) is 226 Å². The zero-order valence-corrected chi connectivity index (χ0v) is 41.0. The second kappa shape index (κ2) is 44.7. The average molecular weight is 902 g/mol. The molecule has 1 amide bonds. The molecule has 0 aliphatic carbocycles. The highest BCUT2D eigenvalue weighted by Crippen LogP contribution is 2.23. The van der Waals surface area contributed by atoms with E-state index in [9.17, 15) is 30.3 Å². The zero-order chi connectivity index (χ0) is 46.6. The van der Waals surface area contributed by atoms with Gasteiger partial charge in [-0.15, -0.1) is 0 Å². The highest BCUT2D eigenvalue weighted by Gasteiger charge is 2.44. The largest absolute Gasteiger partial charge is 0.394 e. The Kier molecular flexibility index (Phi) is 41.9. The lowest BCUT2D eigenvalue weighted by Crippen LogP contribution is -2.60. The molecule has 0 bridgehead atoms. The maximum Gasteiger partial charge on any atom is 0.220 e. The molecule has 0 aromatic carbocycles. The third-order valence-corrected chi connectivity index (χ3v) is 12.3. The topological polar surface area (TPSA) is 149 Å². The van der Waals surface area contributed by atoms with Crippen LogP contribution in [0.4, 0.5) is 0 Å². The molecule has 64 heavy (non-hydrogen) atoms. The molecule has 372 valence electrons. The van der Waals surface area contributed by atoms with Gasteiger partial charge in [0.15, 0.2) is 6.29 Å². The maximum absolute atomic E-state index is 12.9. The number of aliphatic hydroxyl groups is 5. The molecule has 1 aliphatic rings. The number of unbranched alkanes of at least 4 members (excludes halogenated alkanes) is 26. The number of allylic oxidation sites excluding steroid dienone is 9. The quantitative estimate of drug-likeness (QED) is 0.0262. The van der Waals surface area contributed by atoms with E-state index in [4.69, 9.17) is 9.47 Å². The van der Waals surface area contributed by atoms with Crippen LogP contribution >= 0.6 is 0 Å². The van der Waals surface area contributed by atoms with Crippen molar-refractivity contribution in [3.8, 4) is 0 Å². The van der Waals surface area contributed by atoms with Crippen molar-refractivity contribution in [1.29, 1.82) is 0 Å². The second-order valence-electron chi connectivity index (χ2n) is 18.3. The van der Waals surface area contributed by atoms with Gasteiger partial charge in [0.2, 0.25) is 5.91 Å². The molecule has 7 atom stereocenters. The number of ether oxygens (including phenoxy) is 2. The van der Waals surface area contributed by atoms with E-state index >= 15 is 0 Å². The van der Waals surface area contributed by atoms with Crippen LogP contribution in [0.3, 0.4) is 0 Å². The molecule has 1 saturated heterocycles. The fourth-order valence-electron chi connectivity index (χ4n) is 8.13. The van der Waals surface area contributed by atoms with E-state index in [2.05, 4.69) is 67.8 Å². The predicted molar refractivity (Wildman–Crippen MR) is 267 cm³/mol. The van der Waals surface area contributed by atoms with Crippen LogP contribution in [0.5, 0.6) is 0 Å². The third kappa shape index (κ3) is 34.2. The van der Waals surface area contributed by atoms with Gasteiger partial charge in [-0.2, -0.15) is 0 Å². The predicted octanol–water partition coefficient (Wildman–Crippen LogP) is 12.3. The van der Waals surface area contributed by atoms with E-state index < -0.39 is 49.5 Å². The molecule has 0 saturated carbocycles. The summed E-state index contributed by atoms with van der Waals surface area (Å²) in [5.74, 6) is -0.217. The number of carbonyl (C=O) groups excluding carboxylic acids is 1. The molecule has 6 N–H and O–H groups in total. The molecule has 9 heteroatoms. The lowest BCUT2D eigenvalue weighted by Gasteiger charge is -2.40. The van der Waals surface area contributed by atoms with Crippen molar-refractivity contribution < 1.29 is 39.8 Å². The third-order valence-electron chi connectivity index (χ3n) is 12.3. The standard InChI is InChI=1S/C55H99NO8/c1-3-5-7-9-11-13-15-17-18-19-20-21-22-23-24-25-26-27-28-29-30-31-33-34-36-38-40-42-44-49(58)48(47-63-55-54(62)53(61)52(60)50(46-57)64-55)56-51(59)45-43-41-39-37-35-32-16-14-12-10-8-6-4-2/h6,8,12,14,32,34-36,42,44,48-50,52-55,57-58,60-62H,3-5,7,9-11,13,15-31,33,37-41,43,45-47H2,1-2H3,(H,56,59)/b8-6-,14-12-,35-32-,36-34+,44-42+. The lowest BCUT2D eigenvalue weighted by atomic mass is 9.99. The first-order valence-corrected chi connectivity index (χ1v) is 26.5. The first-order valence-electron chi connectivity index (χ1n) is 26.5. The molecule has 1 fully saturated rings. The molecule has 7 unspecified atom stereocenters. The summed E-state index contributed by atoms with van der Waals surface area (Å²) >= 11 is 0. The van der Waals surface area contributed by atoms with Gasteiger partial charge in [0.1, 0.15) is 24.4 Å². The normalized spacial score (nSPS) is 20.5. The van der Waals surface area contributed by atoms with Gasteiger partial charge in [0.25, 0.3) is 0 Å². The van der Waals surface area contributed by atoms with Gasteiger partial charge in [-0.25, -0.2) is 0 Å². The molecule has 0 aromatic rings. The van der Waals surface area contributed by atoms with E-state index in [-0.39, 0.29) is 12.5 Å². The SMILES string of the molecule is CC/C=C\C/C=C\C/C=C\CCCCCC(=O)NC(COC1OC(CO)C(O)C(O)C1O)C(O)/C=C/CC/C=C/CCCCCCCCCCCCCCCCCCCCCCCC. The van der Waals surface area contributed by atoms with Crippen LogP contribution in [0.15, 0.2) is 60.8 Å². The summed E-state index contributed by atoms with van der Waals surface area (Å²) in [5, 5.41) is 54.3. The van der Waals surface area contributed by atoms with Crippen LogP contribution in [0, 0.1) is 0 Å². The number of rotatable bonds is 44. The van der Waals surface area contributed by atoms with Crippen LogP contribution in [-0.4, -0.2) is 87.5 Å². The van der Waals surface area contributed by atoms with Gasteiger partial charge >= 0.3 is 0 Å². The fourth-order valence-corrected chi connectivity index (χ4v) is 8.13. The Morgan fingerprint density at radius 1 is 0.547 bits per heavy atom. The molecule has 1 aliphatic heterocycles. The number of aliphatic hydroxyl groups excluding tert-OH is 5. The number of nitrogens with one attached hydrogen (secondary N) is 1. The summed E-state index contributed by atoms with van der Waals surface area (Å²) in [6.45, 7) is 3.63. The summed E-state index contributed by atoms with van der Waals surface area (Å²) in [6.07, 6.45) is 53.0. The summed E-state index contributed by atoms with van der Waals surface area (Å²) < 4.78 is 11.2. The monoisotopic (exact) mass is 902 g/mol. The van der Waals surface area contributed by atoms with Gasteiger partial charge in [-0.1, -0.05) is 216 Å². The summed E-state index contributed by atoms with van der Waals surface area (Å²) in [7, 11) is 0. The Bertz CT molecular complexity index is 1180. The number of amides is 1. The van der Waals surface area contributed by atoms with E-state index in [0.717, 1.165) is 57.8 Å². The van der Waals surface area contributed by atoms with Crippen molar-refractivity contribution in [2.45, 2.75) is 269 Å². The second-order valence-corrected chi connectivity index (χ2v) is 18.3. The highest BCUT2D eigenvalue weighted by molar-refractivity contribution is 5.76. The van der Waals surface area contributed by atoms with Crippen molar-refractivity contribution in [3.05, 3.63) is 60.8 Å². The number of hydrogen-bond donors (Lipinski definition) is 6. The smallest absolute Gasteiger partial charge is 0.220 e. The Hall–Kier alpha value is -2.11. The minimum absolute atomic E-state index is 0.215. The van der Waals surface area contributed by atoms with Crippen molar-refractivity contribution in [3.63, 3.8) is 0 Å². The van der Waals surface area contributed by atoms with Crippen LogP contribution in [0.2, 0.25) is 0 Å². The fraction of sp³-hybridized carbons (Fsp3) is 0.800. The summed E-state index contributed by atoms with van der Waals surface area (Å²) in [6, 6.07) is -0.839. The van der Waals surface area contributed by atoms with Crippen LogP contribution < -0.4 is 5.32 Å². The molecule has 9 nitrogen and oxygen atoms in total. The van der Waals surface area contributed by atoms with Crippen LogP contribution in [0.25, 0.3) is 0 Å². The zero-order valence-electron chi connectivity index (χ0n) is 41.0. The molecular formula is C55H99NO8. The van der Waals surface area contributed by atoms with E-state index in [1.54, 1.807) is 6.08 Å². The van der Waals surface area contributed by atoms with Crippen LogP contribution in [-0.2, 0) is 14.3 Å². The average Bonchev–Trinajstić information content (AvgIpc) is 3.29.